The molecular formula is C22H27N7O5S. The number of ether oxygens (including phenoxy) is 2. The van der Waals surface area contributed by atoms with Crippen LogP contribution in [0.25, 0.3) is 0 Å². The highest BCUT2D eigenvalue weighted by atomic mass is 32.2. The summed E-state index contributed by atoms with van der Waals surface area (Å²) >= 11 is 0. The Bertz CT molecular complexity index is 1290. The van der Waals surface area contributed by atoms with Crippen molar-refractivity contribution in [2.45, 2.75) is 6.42 Å². The fourth-order valence-corrected chi connectivity index (χ4v) is 4.47. The lowest BCUT2D eigenvalue weighted by Gasteiger charge is -2.28. The molecule has 35 heavy (non-hydrogen) atoms. The number of nitrogen functional groups attached to an aromatic ring is 1. The first-order valence-electron chi connectivity index (χ1n) is 10.9. The first-order chi connectivity index (χ1) is 16.7. The maximum Gasteiger partial charge on any atom is 0.259 e. The molecule has 3 N–H and O–H groups in total. The summed E-state index contributed by atoms with van der Waals surface area (Å²) in [5, 5.41) is 2.82. The molecule has 0 bridgehead atoms. The molecule has 0 atom stereocenters. The molecule has 0 saturated heterocycles. The van der Waals surface area contributed by atoms with Crippen LogP contribution in [0.1, 0.15) is 22.3 Å². The van der Waals surface area contributed by atoms with E-state index < -0.39 is 10.0 Å². The van der Waals surface area contributed by atoms with Gasteiger partial charge in [0, 0.05) is 32.4 Å². The van der Waals surface area contributed by atoms with Crippen LogP contribution >= 0.6 is 0 Å². The average molecular weight is 502 g/mol. The first-order valence-corrected chi connectivity index (χ1v) is 12.5. The van der Waals surface area contributed by atoms with Gasteiger partial charge >= 0.3 is 0 Å². The third-order valence-corrected chi connectivity index (χ3v) is 7.41. The molecule has 13 heteroatoms. The van der Waals surface area contributed by atoms with Crippen LogP contribution in [0.3, 0.4) is 0 Å². The SMILES string of the molecule is COc1c(OCCCS(=O)(=O)N(C)C)ccc2c1N=C(NC(=O)c1ccc(N)nc1)N1CCN=C21. The Kier molecular flexibility index (Phi) is 6.89. The standard InChI is InChI=1S/C22H27N7O5S/c1-28(2)35(31,32)12-4-11-34-16-7-6-15-18(19(16)33-3)26-22(29-10-9-24-20(15)29)27-21(30)14-5-8-17(23)25-13-14/h5-8,13H,4,9-12H2,1-3H3,(H2,23,25)(H,26,27,30). The molecule has 1 amide bonds. The van der Waals surface area contributed by atoms with E-state index in [1.807, 2.05) is 11.0 Å². The van der Waals surface area contributed by atoms with Gasteiger partial charge in [0.1, 0.15) is 17.3 Å². The zero-order valence-electron chi connectivity index (χ0n) is 19.7. The van der Waals surface area contributed by atoms with Crippen LogP contribution < -0.4 is 20.5 Å². The highest BCUT2D eigenvalue weighted by Gasteiger charge is 2.33. The Hall–Kier alpha value is -3.71. The predicted molar refractivity (Wildman–Crippen MR) is 132 cm³/mol. The fourth-order valence-electron chi connectivity index (χ4n) is 3.62. The van der Waals surface area contributed by atoms with Crippen molar-refractivity contribution < 1.29 is 22.7 Å². The maximum atomic E-state index is 12.8. The van der Waals surface area contributed by atoms with E-state index in [1.54, 1.807) is 18.2 Å². The van der Waals surface area contributed by atoms with Crippen molar-refractivity contribution in [2.75, 3.05) is 52.4 Å². The van der Waals surface area contributed by atoms with Gasteiger partial charge < -0.3 is 15.2 Å². The van der Waals surface area contributed by atoms with Gasteiger partial charge in [-0.1, -0.05) is 0 Å². The average Bonchev–Trinajstić information content (AvgIpc) is 3.32. The van der Waals surface area contributed by atoms with Gasteiger partial charge in [0.25, 0.3) is 5.91 Å². The van der Waals surface area contributed by atoms with Crippen molar-refractivity contribution in [3.8, 4) is 11.5 Å². The van der Waals surface area contributed by atoms with Crippen molar-refractivity contribution in [2.24, 2.45) is 9.98 Å². The number of fused-ring (bicyclic) bond motifs is 3. The number of amidine groups is 1. The van der Waals surface area contributed by atoms with Crippen molar-refractivity contribution in [3.05, 3.63) is 41.6 Å². The second-order valence-electron chi connectivity index (χ2n) is 8.01. The number of nitrogens with zero attached hydrogens (tertiary/aromatic N) is 5. The Morgan fingerprint density at radius 1 is 1.26 bits per heavy atom. The van der Waals surface area contributed by atoms with Crippen LogP contribution in [-0.2, 0) is 10.0 Å². The number of rotatable bonds is 8. The molecular weight excluding hydrogens is 474 g/mol. The summed E-state index contributed by atoms with van der Waals surface area (Å²) < 4.78 is 36.6. The second kappa shape index (κ2) is 9.88. The van der Waals surface area contributed by atoms with Crippen LogP contribution in [0.4, 0.5) is 11.5 Å². The third kappa shape index (κ3) is 5.05. The fraction of sp³-hybridized carbons (Fsp3) is 0.364. The summed E-state index contributed by atoms with van der Waals surface area (Å²) in [5.41, 5.74) is 7.16. The second-order valence-corrected chi connectivity index (χ2v) is 10.3. The number of aliphatic imine (C=N–C) groups is 2. The molecule has 0 spiro atoms. The van der Waals surface area contributed by atoms with E-state index in [9.17, 15) is 13.2 Å². The minimum Gasteiger partial charge on any atom is -0.491 e. The summed E-state index contributed by atoms with van der Waals surface area (Å²) in [6, 6.07) is 6.70. The lowest BCUT2D eigenvalue weighted by atomic mass is 10.1. The number of sulfonamides is 1. The summed E-state index contributed by atoms with van der Waals surface area (Å²) in [6.07, 6.45) is 1.70. The van der Waals surface area contributed by atoms with E-state index >= 15 is 0 Å². The van der Waals surface area contributed by atoms with Gasteiger partial charge in [-0.3, -0.25) is 20.0 Å². The van der Waals surface area contributed by atoms with E-state index in [0.29, 0.717) is 59.9 Å². The molecule has 3 heterocycles. The summed E-state index contributed by atoms with van der Waals surface area (Å²) in [6.45, 7) is 1.29. The summed E-state index contributed by atoms with van der Waals surface area (Å²) in [7, 11) is 1.18. The maximum absolute atomic E-state index is 12.8. The molecule has 2 aliphatic rings. The lowest BCUT2D eigenvalue weighted by molar-refractivity contribution is 0.0973. The molecule has 1 aromatic carbocycles. The van der Waals surface area contributed by atoms with Crippen LogP contribution in [0.5, 0.6) is 11.5 Å². The smallest absolute Gasteiger partial charge is 0.259 e. The van der Waals surface area contributed by atoms with E-state index in [4.69, 9.17) is 15.2 Å². The minimum absolute atomic E-state index is 0.0344. The largest absolute Gasteiger partial charge is 0.491 e. The van der Waals surface area contributed by atoms with Crippen molar-refractivity contribution >= 4 is 39.2 Å². The number of guanidine groups is 1. The number of anilines is 1. The monoisotopic (exact) mass is 501 g/mol. The molecule has 2 aromatic rings. The van der Waals surface area contributed by atoms with Crippen LogP contribution in [0, 0.1) is 0 Å². The van der Waals surface area contributed by atoms with Crippen molar-refractivity contribution in [1.82, 2.24) is 19.5 Å². The predicted octanol–water partition coefficient (Wildman–Crippen LogP) is 0.826. The normalized spacial score (nSPS) is 14.7. The van der Waals surface area contributed by atoms with Gasteiger partial charge in [-0.15, -0.1) is 0 Å². The van der Waals surface area contributed by atoms with E-state index in [2.05, 4.69) is 20.3 Å². The Balaban J connectivity index is 1.58. The number of nitrogens with one attached hydrogen (secondary N) is 1. The Morgan fingerprint density at radius 2 is 2.06 bits per heavy atom. The number of hydrogen-bond acceptors (Lipinski definition) is 10. The lowest BCUT2D eigenvalue weighted by Crippen LogP contribution is -2.47. The molecule has 0 unspecified atom stereocenters. The van der Waals surface area contributed by atoms with Gasteiger partial charge in [-0.2, -0.15) is 0 Å². The number of carbonyl (C=O) groups excluding carboxylic acids is 1. The summed E-state index contributed by atoms with van der Waals surface area (Å²) in [5.74, 6) is 1.65. The van der Waals surface area contributed by atoms with Crippen LogP contribution in [0.2, 0.25) is 0 Å². The topological polar surface area (TPSA) is 152 Å². The number of carbonyl (C=O) groups is 1. The number of hydrogen-bond donors (Lipinski definition) is 2. The zero-order valence-corrected chi connectivity index (χ0v) is 20.5. The molecule has 0 saturated carbocycles. The van der Waals surface area contributed by atoms with Crippen LogP contribution in [0.15, 0.2) is 40.4 Å². The molecule has 4 rings (SSSR count). The van der Waals surface area contributed by atoms with Gasteiger partial charge in [-0.05, 0) is 30.7 Å². The van der Waals surface area contributed by atoms with E-state index in [-0.39, 0.29) is 18.3 Å². The van der Waals surface area contributed by atoms with Crippen molar-refractivity contribution in [1.29, 1.82) is 0 Å². The number of methoxy groups -OCH3 is 1. The van der Waals surface area contributed by atoms with Gasteiger partial charge in [0.2, 0.25) is 16.0 Å². The quantitative estimate of drug-likeness (QED) is 0.505. The molecule has 0 radical (unpaired) electrons. The van der Waals surface area contributed by atoms with Crippen LogP contribution in [-0.4, -0.2) is 87.0 Å². The summed E-state index contributed by atoms with van der Waals surface area (Å²) in [4.78, 5) is 27.8. The Labute approximate surface area is 203 Å². The molecule has 0 aliphatic carbocycles. The highest BCUT2D eigenvalue weighted by Crippen LogP contribution is 2.43. The van der Waals surface area contributed by atoms with Crippen molar-refractivity contribution in [3.63, 3.8) is 0 Å². The number of amides is 1. The van der Waals surface area contributed by atoms with Gasteiger partial charge in [-0.25, -0.2) is 22.7 Å². The molecule has 0 fully saturated rings. The number of aromatic nitrogens is 1. The zero-order chi connectivity index (χ0) is 25.2. The van der Waals surface area contributed by atoms with Gasteiger partial charge in [0.05, 0.1) is 31.6 Å². The highest BCUT2D eigenvalue weighted by molar-refractivity contribution is 7.89. The molecule has 2 aliphatic heterocycles. The van der Waals surface area contributed by atoms with E-state index in [1.165, 1.54) is 31.7 Å². The Morgan fingerprint density at radius 3 is 2.74 bits per heavy atom. The molecule has 12 nitrogen and oxygen atoms in total. The van der Waals surface area contributed by atoms with Gasteiger partial charge in [0.15, 0.2) is 11.5 Å². The third-order valence-electron chi connectivity index (χ3n) is 5.49. The minimum atomic E-state index is -3.31. The number of pyridine rings is 1. The molecule has 1 aromatic heterocycles. The van der Waals surface area contributed by atoms with E-state index in [0.717, 1.165) is 5.56 Å². The molecule has 186 valence electrons. The number of nitrogens with two attached hydrogens (primary N) is 1. The number of benzene rings is 1. The first kappa shape index (κ1) is 24.4.